The van der Waals surface area contributed by atoms with Gasteiger partial charge in [-0.1, -0.05) is 13.8 Å². The van der Waals surface area contributed by atoms with Gasteiger partial charge < -0.3 is 44.6 Å². The van der Waals surface area contributed by atoms with Crippen LogP contribution < -0.4 is 39.7 Å². The molecule has 0 unspecified atom stereocenters. The topological polar surface area (TPSA) is 181 Å². The van der Waals surface area contributed by atoms with Gasteiger partial charge in [-0.25, -0.2) is 0 Å². The molecule has 0 rings (SSSR count). The molecule has 0 aromatic heterocycles. The summed E-state index contributed by atoms with van der Waals surface area (Å²) in [5.41, 5.74) is 35.5. The van der Waals surface area contributed by atoms with Crippen molar-refractivity contribution in [3.8, 4) is 0 Å². The molecule has 0 aliphatic heterocycles. The van der Waals surface area contributed by atoms with Crippen LogP contribution in [0.25, 0.3) is 0 Å². The molecule has 218 valence electrons. The first-order chi connectivity index (χ1) is 17.1. The molecule has 0 spiro atoms. The van der Waals surface area contributed by atoms with Gasteiger partial charge >= 0.3 is 0 Å². The highest BCUT2D eigenvalue weighted by Gasteiger charge is 2.25. The third-order valence-corrected chi connectivity index (χ3v) is 6.92. The summed E-state index contributed by atoms with van der Waals surface area (Å²) in [6.45, 7) is 24.8. The minimum absolute atomic E-state index is 0.0647. The third-order valence-electron chi connectivity index (χ3n) is 6.92. The van der Waals surface area contributed by atoms with Gasteiger partial charge in [0, 0.05) is 123 Å². The second-order valence-electron chi connectivity index (χ2n) is 11.2. The molecule has 13 N–H and O–H groups in total. The van der Waals surface area contributed by atoms with Crippen LogP contribution in [-0.4, -0.2) is 149 Å². The summed E-state index contributed by atoms with van der Waals surface area (Å²) in [6, 6.07) is 0. The zero-order valence-electron chi connectivity index (χ0n) is 24.2. The molecule has 0 radical (unpaired) electrons. The minimum Gasteiger partial charge on any atom is -0.330 e. The maximum absolute atomic E-state index is 6.01. The largest absolute Gasteiger partial charge is 0.330 e. The SMILES string of the molecule is CC(C)(CN)CN(CCN)CCNCCN(CCN)CCN(CCN)CCN(CCN)C(C)(C)CN. The van der Waals surface area contributed by atoms with Crippen LogP contribution in [0, 0.1) is 5.41 Å². The molecule has 0 aromatic carbocycles. The monoisotopic (exact) mass is 518 g/mol. The molecule has 0 heterocycles. The molecule has 0 fully saturated rings. The number of nitrogens with one attached hydrogen (secondary N) is 1. The van der Waals surface area contributed by atoms with E-state index in [0.717, 1.165) is 85.1 Å². The van der Waals surface area contributed by atoms with Crippen molar-refractivity contribution in [2.24, 2.45) is 39.8 Å². The van der Waals surface area contributed by atoms with Crippen LogP contribution in [0.2, 0.25) is 0 Å². The van der Waals surface area contributed by atoms with Crippen LogP contribution in [0.4, 0.5) is 0 Å². The molecule has 11 nitrogen and oxygen atoms in total. The van der Waals surface area contributed by atoms with Crippen molar-refractivity contribution in [1.82, 2.24) is 24.9 Å². The Hall–Kier alpha value is -0.440. The van der Waals surface area contributed by atoms with Gasteiger partial charge in [-0.05, 0) is 25.8 Å². The first-order valence-electron chi connectivity index (χ1n) is 13.9. The number of hydrogen-bond acceptors (Lipinski definition) is 11. The molecule has 0 saturated carbocycles. The summed E-state index contributed by atoms with van der Waals surface area (Å²) >= 11 is 0. The van der Waals surface area contributed by atoms with Crippen LogP contribution in [0.3, 0.4) is 0 Å². The van der Waals surface area contributed by atoms with Gasteiger partial charge in [-0.15, -0.1) is 0 Å². The van der Waals surface area contributed by atoms with Gasteiger partial charge in [0.1, 0.15) is 0 Å². The molecule has 11 heteroatoms. The van der Waals surface area contributed by atoms with Gasteiger partial charge in [0.2, 0.25) is 0 Å². The van der Waals surface area contributed by atoms with Crippen LogP contribution in [-0.2, 0) is 0 Å². The fourth-order valence-corrected chi connectivity index (χ4v) is 4.30. The zero-order chi connectivity index (χ0) is 27.5. The van der Waals surface area contributed by atoms with E-state index in [0.29, 0.717) is 39.3 Å². The first-order valence-corrected chi connectivity index (χ1v) is 13.9. The van der Waals surface area contributed by atoms with E-state index in [9.17, 15) is 0 Å². The second kappa shape index (κ2) is 20.5. The quantitative estimate of drug-likeness (QED) is 0.0628. The highest BCUT2D eigenvalue weighted by Crippen LogP contribution is 2.14. The molecular formula is C25H63N11. The Morgan fingerprint density at radius 1 is 0.500 bits per heavy atom. The van der Waals surface area contributed by atoms with Crippen molar-refractivity contribution < 1.29 is 0 Å². The first kappa shape index (κ1) is 35.6. The van der Waals surface area contributed by atoms with Gasteiger partial charge in [-0.2, -0.15) is 0 Å². The molecule has 36 heavy (non-hydrogen) atoms. The Bertz CT molecular complexity index is 504. The fraction of sp³-hybridized carbons (Fsp3) is 1.00. The summed E-state index contributed by atoms with van der Waals surface area (Å²) in [7, 11) is 0. The predicted molar refractivity (Wildman–Crippen MR) is 156 cm³/mol. The van der Waals surface area contributed by atoms with Crippen LogP contribution >= 0.6 is 0 Å². The van der Waals surface area contributed by atoms with E-state index in [2.05, 4.69) is 52.6 Å². The summed E-state index contributed by atoms with van der Waals surface area (Å²) in [5, 5.41) is 3.60. The van der Waals surface area contributed by atoms with E-state index in [4.69, 9.17) is 34.4 Å². The average Bonchev–Trinajstić information content (AvgIpc) is 2.84. The maximum Gasteiger partial charge on any atom is 0.0276 e. The van der Waals surface area contributed by atoms with Crippen LogP contribution in [0.15, 0.2) is 0 Å². The molecule has 0 atom stereocenters. The van der Waals surface area contributed by atoms with Gasteiger partial charge in [0.25, 0.3) is 0 Å². The van der Waals surface area contributed by atoms with E-state index in [1.54, 1.807) is 0 Å². The van der Waals surface area contributed by atoms with Crippen LogP contribution in [0.5, 0.6) is 0 Å². The summed E-state index contributed by atoms with van der Waals surface area (Å²) in [4.78, 5) is 9.67. The Balaban J connectivity index is 4.60. The predicted octanol–water partition coefficient (Wildman–Crippen LogP) is -2.66. The maximum atomic E-state index is 6.01. The summed E-state index contributed by atoms with van der Waals surface area (Å²) < 4.78 is 0. The number of nitrogens with two attached hydrogens (primary N) is 6. The van der Waals surface area contributed by atoms with Gasteiger partial charge in [0.05, 0.1) is 0 Å². The lowest BCUT2D eigenvalue weighted by Crippen LogP contribution is -2.53. The van der Waals surface area contributed by atoms with E-state index in [1.807, 2.05) is 0 Å². The average molecular weight is 518 g/mol. The molecule has 0 bridgehead atoms. The molecule has 0 aromatic rings. The minimum atomic E-state index is -0.0647. The van der Waals surface area contributed by atoms with Crippen molar-refractivity contribution >= 4 is 0 Å². The smallest absolute Gasteiger partial charge is 0.0276 e. The molecule has 0 aliphatic carbocycles. The van der Waals surface area contributed by atoms with E-state index in [1.165, 1.54) is 0 Å². The highest BCUT2D eigenvalue weighted by atomic mass is 15.3. The lowest BCUT2D eigenvalue weighted by molar-refractivity contribution is 0.107. The Morgan fingerprint density at radius 3 is 1.42 bits per heavy atom. The molecule has 0 amide bonds. The standard InChI is InChI=1S/C25H63N11/c1-24(2,21-30)23-35(13-7-28)16-10-32-9-15-33(11-5-26)17-18-34(12-6-27)19-20-36(14-8-29)25(3,4)22-31/h32H,5-23,26-31H2,1-4H3. The Morgan fingerprint density at radius 2 is 0.944 bits per heavy atom. The van der Waals surface area contributed by atoms with Gasteiger partial charge in [-0.3, -0.25) is 14.7 Å². The Labute approximate surface area is 222 Å². The highest BCUT2D eigenvalue weighted by molar-refractivity contribution is 4.83. The van der Waals surface area contributed by atoms with Crippen molar-refractivity contribution in [3.05, 3.63) is 0 Å². The van der Waals surface area contributed by atoms with Crippen molar-refractivity contribution in [1.29, 1.82) is 0 Å². The number of rotatable bonds is 25. The summed E-state index contributed by atoms with van der Waals surface area (Å²) in [5.74, 6) is 0. The molecule has 0 saturated heterocycles. The van der Waals surface area contributed by atoms with Crippen molar-refractivity contribution in [3.63, 3.8) is 0 Å². The van der Waals surface area contributed by atoms with E-state index in [-0.39, 0.29) is 11.0 Å². The normalized spacial score (nSPS) is 13.2. The molecular weight excluding hydrogens is 454 g/mol. The Kier molecular flexibility index (Phi) is 20.3. The van der Waals surface area contributed by atoms with Crippen molar-refractivity contribution in [2.75, 3.05) is 124 Å². The van der Waals surface area contributed by atoms with Crippen molar-refractivity contribution in [2.45, 2.75) is 33.2 Å². The van der Waals surface area contributed by atoms with E-state index < -0.39 is 0 Å². The van der Waals surface area contributed by atoms with Crippen LogP contribution in [0.1, 0.15) is 27.7 Å². The lowest BCUT2D eigenvalue weighted by Gasteiger charge is -2.39. The van der Waals surface area contributed by atoms with Gasteiger partial charge in [0.15, 0.2) is 0 Å². The number of hydrogen-bond donors (Lipinski definition) is 7. The second-order valence-corrected chi connectivity index (χ2v) is 11.2. The number of nitrogens with zero attached hydrogens (tertiary/aromatic N) is 4. The summed E-state index contributed by atoms with van der Waals surface area (Å²) in [6.07, 6.45) is 0. The zero-order valence-corrected chi connectivity index (χ0v) is 24.2. The van der Waals surface area contributed by atoms with E-state index >= 15 is 0 Å². The fourth-order valence-electron chi connectivity index (χ4n) is 4.30. The molecule has 0 aliphatic rings. The third kappa shape index (κ3) is 16.4. The lowest BCUT2D eigenvalue weighted by atomic mass is 9.93.